The number of aromatic nitrogens is 4. The zero-order valence-electron chi connectivity index (χ0n) is 22.9. The number of primary amides is 1. The largest absolute Gasteiger partial charge is 0.392 e. The molecule has 3 heterocycles. The number of carbonyl (C=O) groups excluding carboxylic acids is 2. The Hall–Kier alpha value is -4.77. The molecule has 0 saturated heterocycles. The quantitative estimate of drug-likeness (QED) is 0.304. The lowest BCUT2D eigenvalue weighted by Crippen LogP contribution is -2.38. The molecule has 0 radical (unpaired) electrons. The fourth-order valence-electron chi connectivity index (χ4n) is 5.34. The first kappa shape index (κ1) is 26.5. The molecule has 11 heteroatoms. The molecule has 0 bridgehead atoms. The molecule has 1 fully saturated rings. The third kappa shape index (κ3) is 4.89. The topological polar surface area (TPSA) is 148 Å². The minimum absolute atomic E-state index is 0.0417. The first-order valence-corrected chi connectivity index (χ1v) is 13.6. The van der Waals surface area contributed by atoms with Crippen molar-refractivity contribution < 1.29 is 14.7 Å². The zero-order valence-corrected chi connectivity index (χ0v) is 22.9. The highest BCUT2D eigenvalue weighted by Crippen LogP contribution is 2.41. The summed E-state index contributed by atoms with van der Waals surface area (Å²) in [6, 6.07) is 11.0. The lowest BCUT2D eigenvalue weighted by Gasteiger charge is -2.31. The average molecular weight is 554 g/mol. The number of carbonyl (C=O) groups is 2. The first-order chi connectivity index (χ1) is 19.7. The van der Waals surface area contributed by atoms with Crippen molar-refractivity contribution in [1.82, 2.24) is 19.3 Å². The van der Waals surface area contributed by atoms with Gasteiger partial charge in [0.1, 0.15) is 6.04 Å². The maximum absolute atomic E-state index is 13.6. The molecule has 1 aliphatic heterocycles. The van der Waals surface area contributed by atoms with E-state index < -0.39 is 11.9 Å². The van der Waals surface area contributed by atoms with Crippen molar-refractivity contribution in [3.05, 3.63) is 87.6 Å². The van der Waals surface area contributed by atoms with Crippen LogP contribution in [0.5, 0.6) is 0 Å². The Bertz CT molecular complexity index is 1740. The van der Waals surface area contributed by atoms with Crippen LogP contribution in [0.3, 0.4) is 0 Å². The van der Waals surface area contributed by atoms with Crippen LogP contribution in [0.4, 0.5) is 17.2 Å². The standard InChI is InChI=1S/C30H31N7O4/c1-17(27(31)39)37-14-21(13-32-37)33-28-30(41)35(2)15-25(34-28)23-4-3-5-26(24(23)16-38)36-11-10-20-12-19(18-6-7-18)8-9-22(20)29(36)40/h3-5,8-9,12-15,17-18,38H,6-7,10-11,16H2,1-2H3,(H2,31,39)(H,33,34). The molecule has 1 aliphatic carbocycles. The maximum Gasteiger partial charge on any atom is 0.293 e. The molecule has 4 aromatic rings. The van der Waals surface area contributed by atoms with E-state index in [1.165, 1.54) is 33.9 Å². The van der Waals surface area contributed by atoms with Gasteiger partial charge in [-0.25, -0.2) is 4.98 Å². The van der Waals surface area contributed by atoms with Gasteiger partial charge in [-0.05, 0) is 55.4 Å². The summed E-state index contributed by atoms with van der Waals surface area (Å²) in [4.78, 5) is 44.4. The number of fused-ring (bicyclic) bond motifs is 1. The van der Waals surface area contributed by atoms with Crippen LogP contribution in [0, 0.1) is 0 Å². The van der Waals surface area contributed by atoms with Crippen LogP contribution in [0.2, 0.25) is 0 Å². The fraction of sp³-hybridized carbons (Fsp3) is 0.300. The second kappa shape index (κ2) is 10.3. The van der Waals surface area contributed by atoms with Gasteiger partial charge < -0.3 is 25.6 Å². The van der Waals surface area contributed by atoms with Gasteiger partial charge in [-0.15, -0.1) is 0 Å². The van der Waals surface area contributed by atoms with E-state index in [2.05, 4.69) is 27.5 Å². The second-order valence-electron chi connectivity index (χ2n) is 10.7. The molecule has 2 aromatic carbocycles. The number of hydrogen-bond donors (Lipinski definition) is 3. The van der Waals surface area contributed by atoms with Gasteiger partial charge in [-0.3, -0.25) is 19.1 Å². The van der Waals surface area contributed by atoms with Crippen molar-refractivity contribution in [2.24, 2.45) is 12.8 Å². The number of anilines is 3. The summed E-state index contributed by atoms with van der Waals surface area (Å²) in [5.41, 5.74) is 10.7. The minimum atomic E-state index is -0.660. The number of hydrogen-bond acceptors (Lipinski definition) is 7. The molecule has 0 spiro atoms. The lowest BCUT2D eigenvalue weighted by atomic mass is 9.93. The molecule has 210 valence electrons. The molecule has 11 nitrogen and oxygen atoms in total. The normalized spacial score (nSPS) is 15.5. The predicted octanol–water partition coefficient (Wildman–Crippen LogP) is 3.01. The highest BCUT2D eigenvalue weighted by Gasteiger charge is 2.30. The van der Waals surface area contributed by atoms with Crippen molar-refractivity contribution >= 4 is 29.0 Å². The van der Waals surface area contributed by atoms with Crippen LogP contribution >= 0.6 is 0 Å². The molecular formula is C30H31N7O4. The lowest BCUT2D eigenvalue weighted by molar-refractivity contribution is -0.120. The summed E-state index contributed by atoms with van der Waals surface area (Å²) < 4.78 is 2.79. The summed E-state index contributed by atoms with van der Waals surface area (Å²) >= 11 is 0. The van der Waals surface area contributed by atoms with Crippen LogP contribution in [0.1, 0.15) is 58.8 Å². The van der Waals surface area contributed by atoms with Gasteiger partial charge in [-0.2, -0.15) is 5.10 Å². The van der Waals surface area contributed by atoms with Crippen molar-refractivity contribution in [2.75, 3.05) is 16.8 Å². The molecule has 41 heavy (non-hydrogen) atoms. The minimum Gasteiger partial charge on any atom is -0.392 e. The molecule has 2 aliphatic rings. The second-order valence-corrected chi connectivity index (χ2v) is 10.7. The smallest absolute Gasteiger partial charge is 0.293 e. The van der Waals surface area contributed by atoms with E-state index in [1.807, 2.05) is 24.3 Å². The van der Waals surface area contributed by atoms with E-state index in [0.717, 1.165) is 12.0 Å². The van der Waals surface area contributed by atoms with Gasteiger partial charge >= 0.3 is 0 Å². The number of nitrogens with one attached hydrogen (secondary N) is 1. The third-order valence-corrected chi connectivity index (χ3v) is 7.88. The van der Waals surface area contributed by atoms with Crippen LogP contribution < -0.4 is 21.5 Å². The summed E-state index contributed by atoms with van der Waals surface area (Å²) in [5, 5.41) is 17.6. The van der Waals surface area contributed by atoms with Crippen molar-refractivity contribution in [1.29, 1.82) is 0 Å². The van der Waals surface area contributed by atoms with Crippen molar-refractivity contribution in [3.8, 4) is 11.3 Å². The Balaban J connectivity index is 1.34. The summed E-state index contributed by atoms with van der Waals surface area (Å²) in [5.74, 6) is 0.0268. The van der Waals surface area contributed by atoms with Gasteiger partial charge in [0.25, 0.3) is 11.5 Å². The molecule has 1 atom stereocenters. The number of rotatable bonds is 8. The van der Waals surface area contributed by atoms with Crippen LogP contribution in [0.25, 0.3) is 11.3 Å². The number of benzene rings is 2. The number of aliphatic hydroxyl groups is 1. The Morgan fingerprint density at radius 3 is 2.71 bits per heavy atom. The molecule has 4 N–H and O–H groups in total. The van der Waals surface area contributed by atoms with Crippen molar-refractivity contribution in [3.63, 3.8) is 0 Å². The Morgan fingerprint density at radius 1 is 1.17 bits per heavy atom. The maximum atomic E-state index is 13.6. The van der Waals surface area contributed by atoms with E-state index >= 15 is 0 Å². The molecule has 1 saturated carbocycles. The number of amides is 2. The first-order valence-electron chi connectivity index (χ1n) is 13.6. The van der Waals surface area contributed by atoms with E-state index in [0.29, 0.717) is 46.2 Å². The summed E-state index contributed by atoms with van der Waals surface area (Å²) in [6.07, 6.45) is 7.78. The van der Waals surface area contributed by atoms with E-state index in [1.54, 1.807) is 31.3 Å². The van der Waals surface area contributed by atoms with Gasteiger partial charge in [-0.1, -0.05) is 24.3 Å². The number of aryl methyl sites for hydroxylation is 1. The van der Waals surface area contributed by atoms with E-state index in [4.69, 9.17) is 5.73 Å². The molecule has 2 amide bonds. The molecule has 1 unspecified atom stereocenters. The zero-order chi connectivity index (χ0) is 28.8. The Morgan fingerprint density at radius 2 is 1.98 bits per heavy atom. The summed E-state index contributed by atoms with van der Waals surface area (Å²) in [6.45, 7) is 1.79. The Labute approximate surface area is 236 Å². The molecule has 2 aromatic heterocycles. The van der Waals surface area contributed by atoms with Crippen LogP contribution in [-0.4, -0.2) is 42.8 Å². The van der Waals surface area contributed by atoms with Crippen LogP contribution in [0.15, 0.2) is 59.8 Å². The van der Waals surface area contributed by atoms with Crippen molar-refractivity contribution in [2.45, 2.75) is 44.8 Å². The predicted molar refractivity (Wildman–Crippen MR) is 154 cm³/mol. The third-order valence-electron chi connectivity index (χ3n) is 7.88. The number of nitrogens with zero attached hydrogens (tertiary/aromatic N) is 5. The highest BCUT2D eigenvalue weighted by molar-refractivity contribution is 6.09. The fourth-order valence-corrected chi connectivity index (χ4v) is 5.34. The molecular weight excluding hydrogens is 522 g/mol. The monoisotopic (exact) mass is 553 g/mol. The number of aliphatic hydroxyl groups excluding tert-OH is 1. The Kier molecular flexibility index (Phi) is 6.66. The van der Waals surface area contributed by atoms with Gasteiger partial charge in [0.2, 0.25) is 5.91 Å². The average Bonchev–Trinajstić information content (AvgIpc) is 3.72. The number of nitrogens with two attached hydrogens (primary N) is 1. The SMILES string of the molecule is CC(C(N)=O)n1cc(Nc2nc(-c3cccc(N4CCc5cc(C6CC6)ccc5C4=O)c3CO)cn(C)c2=O)cn1. The van der Waals surface area contributed by atoms with Gasteiger partial charge in [0, 0.05) is 42.7 Å². The summed E-state index contributed by atoms with van der Waals surface area (Å²) in [7, 11) is 1.61. The van der Waals surface area contributed by atoms with Gasteiger partial charge in [0.05, 0.1) is 29.9 Å². The van der Waals surface area contributed by atoms with Gasteiger partial charge in [0.15, 0.2) is 5.82 Å². The van der Waals surface area contributed by atoms with Crippen LogP contribution in [-0.2, 0) is 24.9 Å². The van der Waals surface area contributed by atoms with E-state index in [9.17, 15) is 19.5 Å². The highest BCUT2D eigenvalue weighted by atomic mass is 16.3. The molecule has 6 rings (SSSR count). The van der Waals surface area contributed by atoms with E-state index in [-0.39, 0.29) is 23.9 Å².